The number of rotatable bonds is 6. The Morgan fingerprint density at radius 1 is 0.966 bits per heavy atom. The van der Waals surface area contributed by atoms with Gasteiger partial charge in [-0.05, 0) is 36.8 Å². The molecule has 3 nitrogen and oxygen atoms in total. The van der Waals surface area contributed by atoms with Crippen LogP contribution in [0.3, 0.4) is 0 Å². The number of para-hydroxylation sites is 1. The number of carbonyl (C=O) groups excluding carboxylic acids is 1. The van der Waals surface area contributed by atoms with Crippen molar-refractivity contribution in [3.05, 3.63) is 69.0 Å². The highest BCUT2D eigenvalue weighted by molar-refractivity contribution is 7.12. The summed E-state index contributed by atoms with van der Waals surface area (Å²) in [6.45, 7) is 12.7. The fourth-order valence-corrected chi connectivity index (χ4v) is 4.51. The molecule has 1 N–H and O–H groups in total. The van der Waals surface area contributed by atoms with E-state index in [1.807, 2.05) is 6.92 Å². The standard InChI is InChI=1S/C25H30N2OS/c1-15(2)20-8-7-9-21(16(3)4)25(20)27-23(28)14-22-24(26-18(6)29-22)19-12-10-17(5)11-13-19/h7-13,15-16H,14H2,1-6H3,(H,27,28). The summed E-state index contributed by atoms with van der Waals surface area (Å²) in [7, 11) is 0. The molecule has 0 aliphatic carbocycles. The maximum absolute atomic E-state index is 13.0. The first-order chi connectivity index (χ1) is 13.8. The topological polar surface area (TPSA) is 42.0 Å². The number of nitrogens with zero attached hydrogens (tertiary/aromatic N) is 1. The van der Waals surface area contributed by atoms with Gasteiger partial charge in [0, 0.05) is 16.1 Å². The Bertz CT molecular complexity index is 974. The number of nitrogens with one attached hydrogen (secondary N) is 1. The summed E-state index contributed by atoms with van der Waals surface area (Å²) in [4.78, 5) is 18.8. The Kier molecular flexibility index (Phi) is 6.53. The molecule has 1 aromatic heterocycles. The molecule has 1 amide bonds. The van der Waals surface area contributed by atoms with Gasteiger partial charge in [0.1, 0.15) is 0 Å². The third-order valence-electron chi connectivity index (χ3n) is 5.09. The fourth-order valence-electron chi connectivity index (χ4n) is 3.55. The lowest BCUT2D eigenvalue weighted by molar-refractivity contribution is -0.115. The molecule has 0 saturated carbocycles. The van der Waals surface area contributed by atoms with Crippen molar-refractivity contribution < 1.29 is 4.79 Å². The number of benzene rings is 2. The van der Waals surface area contributed by atoms with Crippen LogP contribution in [0.15, 0.2) is 42.5 Å². The molecule has 0 fully saturated rings. The van der Waals surface area contributed by atoms with E-state index in [0.29, 0.717) is 18.3 Å². The van der Waals surface area contributed by atoms with E-state index >= 15 is 0 Å². The number of carbonyl (C=O) groups is 1. The fraction of sp³-hybridized carbons (Fsp3) is 0.360. The second kappa shape index (κ2) is 8.91. The molecule has 29 heavy (non-hydrogen) atoms. The molecule has 1 heterocycles. The SMILES string of the molecule is Cc1ccc(-c2nc(C)sc2CC(=O)Nc2c(C(C)C)cccc2C(C)C)cc1. The third-order valence-corrected chi connectivity index (χ3v) is 6.06. The van der Waals surface area contributed by atoms with Gasteiger partial charge in [0.2, 0.25) is 5.91 Å². The number of anilines is 1. The first-order valence-electron chi connectivity index (χ1n) is 10.2. The summed E-state index contributed by atoms with van der Waals surface area (Å²) in [5.74, 6) is 0.701. The Morgan fingerprint density at radius 2 is 1.55 bits per heavy atom. The van der Waals surface area contributed by atoms with Crippen LogP contribution < -0.4 is 5.32 Å². The molecule has 0 aliphatic rings. The molecule has 0 bridgehead atoms. The van der Waals surface area contributed by atoms with Gasteiger partial charge in [-0.15, -0.1) is 11.3 Å². The summed E-state index contributed by atoms with van der Waals surface area (Å²) in [6, 6.07) is 14.6. The lowest BCUT2D eigenvalue weighted by Gasteiger charge is -2.20. The largest absolute Gasteiger partial charge is 0.325 e. The van der Waals surface area contributed by atoms with Crippen molar-refractivity contribution in [2.75, 3.05) is 5.32 Å². The molecule has 0 unspecified atom stereocenters. The quantitative estimate of drug-likeness (QED) is 0.486. The Hall–Kier alpha value is -2.46. The molecular weight excluding hydrogens is 376 g/mol. The summed E-state index contributed by atoms with van der Waals surface area (Å²) in [5.41, 5.74) is 6.54. The van der Waals surface area contributed by atoms with Crippen molar-refractivity contribution in [3.8, 4) is 11.3 Å². The van der Waals surface area contributed by atoms with E-state index in [1.165, 1.54) is 16.7 Å². The summed E-state index contributed by atoms with van der Waals surface area (Å²) in [6.07, 6.45) is 0.332. The number of thiazole rings is 1. The molecule has 2 aromatic carbocycles. The van der Waals surface area contributed by atoms with E-state index in [9.17, 15) is 4.79 Å². The normalized spacial score (nSPS) is 11.3. The van der Waals surface area contributed by atoms with Crippen LogP contribution in [0.25, 0.3) is 11.3 Å². The van der Waals surface area contributed by atoms with Gasteiger partial charge in [-0.2, -0.15) is 0 Å². The van der Waals surface area contributed by atoms with Crippen LogP contribution in [0.5, 0.6) is 0 Å². The van der Waals surface area contributed by atoms with Crippen LogP contribution >= 0.6 is 11.3 Å². The van der Waals surface area contributed by atoms with Crippen molar-refractivity contribution in [3.63, 3.8) is 0 Å². The van der Waals surface area contributed by atoms with Crippen molar-refractivity contribution >= 4 is 22.9 Å². The first kappa shape index (κ1) is 21.3. The maximum Gasteiger partial charge on any atom is 0.229 e. The number of aryl methyl sites for hydroxylation is 2. The smallest absolute Gasteiger partial charge is 0.229 e. The second-order valence-corrected chi connectivity index (χ2v) is 9.50. The van der Waals surface area contributed by atoms with Crippen LogP contribution in [0, 0.1) is 13.8 Å². The molecule has 0 aliphatic heterocycles. The second-order valence-electron chi connectivity index (χ2n) is 8.22. The molecule has 0 spiro atoms. The molecular formula is C25H30N2OS. The van der Waals surface area contributed by atoms with E-state index in [1.54, 1.807) is 11.3 Å². The van der Waals surface area contributed by atoms with Crippen LogP contribution in [-0.2, 0) is 11.2 Å². The van der Waals surface area contributed by atoms with Gasteiger partial charge >= 0.3 is 0 Å². The minimum atomic E-state index is 0.0111. The molecule has 3 aromatic rings. The predicted octanol–water partition coefficient (Wildman–Crippen LogP) is 6.85. The maximum atomic E-state index is 13.0. The predicted molar refractivity (Wildman–Crippen MR) is 124 cm³/mol. The van der Waals surface area contributed by atoms with Crippen molar-refractivity contribution in [1.29, 1.82) is 0 Å². The van der Waals surface area contributed by atoms with Gasteiger partial charge in [0.05, 0.1) is 17.1 Å². The summed E-state index contributed by atoms with van der Waals surface area (Å²) >= 11 is 1.60. The van der Waals surface area contributed by atoms with Gasteiger partial charge in [0.15, 0.2) is 0 Å². The Labute approximate surface area is 178 Å². The highest BCUT2D eigenvalue weighted by Gasteiger charge is 2.19. The highest BCUT2D eigenvalue weighted by atomic mass is 32.1. The monoisotopic (exact) mass is 406 g/mol. The van der Waals surface area contributed by atoms with Crippen molar-refractivity contribution in [1.82, 2.24) is 4.98 Å². The van der Waals surface area contributed by atoms with Gasteiger partial charge in [-0.1, -0.05) is 75.7 Å². The lowest BCUT2D eigenvalue weighted by Crippen LogP contribution is -2.17. The van der Waals surface area contributed by atoms with E-state index in [0.717, 1.165) is 26.8 Å². The minimum absolute atomic E-state index is 0.0111. The van der Waals surface area contributed by atoms with E-state index in [4.69, 9.17) is 4.98 Å². The summed E-state index contributed by atoms with van der Waals surface area (Å²) in [5, 5.41) is 4.21. The van der Waals surface area contributed by atoms with Crippen LogP contribution in [0.1, 0.15) is 66.1 Å². The van der Waals surface area contributed by atoms with Crippen molar-refractivity contribution in [2.45, 2.75) is 59.8 Å². The molecule has 0 radical (unpaired) electrons. The molecule has 4 heteroatoms. The zero-order valence-electron chi connectivity index (χ0n) is 18.2. The van der Waals surface area contributed by atoms with Crippen LogP contribution in [0.4, 0.5) is 5.69 Å². The average molecular weight is 407 g/mol. The van der Waals surface area contributed by atoms with Crippen molar-refractivity contribution in [2.24, 2.45) is 0 Å². The Morgan fingerprint density at radius 3 is 2.10 bits per heavy atom. The van der Waals surface area contributed by atoms with Gasteiger partial charge in [-0.25, -0.2) is 4.98 Å². The minimum Gasteiger partial charge on any atom is -0.325 e. The number of amides is 1. The zero-order valence-corrected chi connectivity index (χ0v) is 19.0. The van der Waals surface area contributed by atoms with Gasteiger partial charge < -0.3 is 5.32 Å². The first-order valence-corrected chi connectivity index (χ1v) is 11.0. The highest BCUT2D eigenvalue weighted by Crippen LogP contribution is 2.33. The lowest BCUT2D eigenvalue weighted by atomic mass is 9.92. The average Bonchev–Trinajstić information content (AvgIpc) is 3.02. The molecule has 152 valence electrons. The summed E-state index contributed by atoms with van der Waals surface area (Å²) < 4.78 is 0. The molecule has 3 rings (SSSR count). The van der Waals surface area contributed by atoms with Gasteiger partial charge in [0.25, 0.3) is 0 Å². The number of aromatic nitrogens is 1. The van der Waals surface area contributed by atoms with Crippen LogP contribution in [0.2, 0.25) is 0 Å². The van der Waals surface area contributed by atoms with E-state index in [2.05, 4.69) is 82.4 Å². The number of hydrogen-bond donors (Lipinski definition) is 1. The Balaban J connectivity index is 1.89. The molecule has 0 saturated heterocycles. The van der Waals surface area contributed by atoms with Crippen LogP contribution in [-0.4, -0.2) is 10.9 Å². The molecule has 0 atom stereocenters. The van der Waals surface area contributed by atoms with E-state index in [-0.39, 0.29) is 5.91 Å². The van der Waals surface area contributed by atoms with E-state index < -0.39 is 0 Å². The number of hydrogen-bond acceptors (Lipinski definition) is 3. The van der Waals surface area contributed by atoms with Gasteiger partial charge in [-0.3, -0.25) is 4.79 Å². The zero-order chi connectivity index (χ0) is 21.1. The third kappa shape index (κ3) is 4.94.